The van der Waals surface area contributed by atoms with E-state index in [1.165, 1.54) is 0 Å². The van der Waals surface area contributed by atoms with Gasteiger partial charge in [-0.1, -0.05) is 41.9 Å². The molecule has 0 amide bonds. The Hall–Kier alpha value is -2.00. The van der Waals surface area contributed by atoms with Crippen molar-refractivity contribution >= 4 is 17.3 Å². The van der Waals surface area contributed by atoms with Gasteiger partial charge in [0.1, 0.15) is 6.10 Å². The lowest BCUT2D eigenvalue weighted by Crippen LogP contribution is -2.07. The minimum absolute atomic E-state index is 0.245. The highest BCUT2D eigenvalue weighted by Crippen LogP contribution is 2.29. The van der Waals surface area contributed by atoms with Crippen LogP contribution in [-0.2, 0) is 4.84 Å². The first-order valence-corrected chi connectivity index (χ1v) is 6.42. The first-order chi connectivity index (χ1) is 9.24. The van der Waals surface area contributed by atoms with Gasteiger partial charge >= 0.3 is 0 Å². The molecule has 0 spiro atoms. The molecule has 19 heavy (non-hydrogen) atoms. The minimum Gasteiger partial charge on any atom is -0.394 e. The zero-order valence-electron chi connectivity index (χ0n) is 10.1. The van der Waals surface area contributed by atoms with Gasteiger partial charge in [-0.25, -0.2) is 0 Å². The van der Waals surface area contributed by atoms with Crippen molar-refractivity contribution in [1.29, 1.82) is 0 Å². The molecule has 0 bridgehead atoms. The number of nitrogens with zero attached hydrogens (tertiary/aromatic N) is 1. The maximum Gasteiger partial charge on any atom is 0.253 e. The zero-order chi connectivity index (χ0) is 13.2. The van der Waals surface area contributed by atoms with Gasteiger partial charge < -0.3 is 4.84 Å². The van der Waals surface area contributed by atoms with Crippen LogP contribution < -0.4 is 0 Å². The summed E-state index contributed by atoms with van der Waals surface area (Å²) in [4.78, 5) is 5.97. The van der Waals surface area contributed by atoms with E-state index in [-0.39, 0.29) is 6.10 Å². The molecular weight excluding hydrogens is 262 g/mol. The fourth-order valence-electron chi connectivity index (χ4n) is 2.18. The van der Waals surface area contributed by atoms with E-state index in [0.29, 0.717) is 22.1 Å². The molecule has 3 nitrogen and oxygen atoms in total. The monoisotopic (exact) mass is 273 g/mol. The molecule has 2 aromatic rings. The van der Waals surface area contributed by atoms with Crippen molar-refractivity contribution in [3.63, 3.8) is 0 Å². The molecule has 1 heterocycles. The van der Waals surface area contributed by atoms with E-state index < -0.39 is 0 Å². The Morgan fingerprint density at radius 1 is 1.05 bits per heavy atom. The van der Waals surface area contributed by atoms with Crippen molar-refractivity contribution in [2.24, 2.45) is 0 Å². The van der Waals surface area contributed by atoms with Crippen LogP contribution in [0, 0.1) is 5.21 Å². The van der Waals surface area contributed by atoms with Gasteiger partial charge in [0.2, 0.25) is 0 Å². The lowest BCUT2D eigenvalue weighted by molar-refractivity contribution is -0.742. The van der Waals surface area contributed by atoms with Crippen LogP contribution in [0.4, 0.5) is 0 Å². The van der Waals surface area contributed by atoms with E-state index in [0.717, 1.165) is 11.1 Å². The third-order valence-electron chi connectivity index (χ3n) is 3.17. The molecule has 3 rings (SSSR count). The van der Waals surface area contributed by atoms with E-state index in [2.05, 4.69) is 0 Å². The lowest BCUT2D eigenvalue weighted by atomic mass is 10.0. The van der Waals surface area contributed by atoms with E-state index in [4.69, 9.17) is 16.4 Å². The minimum atomic E-state index is -0.245. The van der Waals surface area contributed by atoms with Crippen molar-refractivity contribution in [2.45, 2.75) is 12.5 Å². The van der Waals surface area contributed by atoms with Crippen LogP contribution in [0.1, 0.15) is 23.7 Å². The highest BCUT2D eigenvalue weighted by molar-refractivity contribution is 6.30. The standard InChI is InChI=1S/C15H12ClNO2/c16-13-8-6-12(7-9-13)15-10-14(17(18)19-15)11-4-2-1-3-5-11/h1-9,15H,10H2. The van der Waals surface area contributed by atoms with Gasteiger partial charge in [-0.2, -0.15) is 0 Å². The second-order valence-corrected chi connectivity index (χ2v) is 4.86. The van der Waals surface area contributed by atoms with Crippen LogP contribution in [0.2, 0.25) is 5.02 Å². The van der Waals surface area contributed by atoms with Crippen LogP contribution >= 0.6 is 11.6 Å². The average Bonchev–Trinajstić information content (AvgIpc) is 2.83. The topological polar surface area (TPSA) is 35.3 Å². The fraction of sp³-hybridized carbons (Fsp3) is 0.133. The summed E-state index contributed by atoms with van der Waals surface area (Å²) < 4.78 is 0. The Morgan fingerprint density at radius 2 is 1.74 bits per heavy atom. The second-order valence-electron chi connectivity index (χ2n) is 4.42. The van der Waals surface area contributed by atoms with Crippen LogP contribution in [0.25, 0.3) is 0 Å². The highest BCUT2D eigenvalue weighted by Gasteiger charge is 2.30. The van der Waals surface area contributed by atoms with E-state index in [1.54, 1.807) is 12.1 Å². The number of hydrogen-bond acceptors (Lipinski definition) is 2. The normalized spacial score (nSPS) is 18.5. The van der Waals surface area contributed by atoms with Gasteiger partial charge in [0.15, 0.2) is 0 Å². The Balaban J connectivity index is 1.84. The summed E-state index contributed by atoms with van der Waals surface area (Å²) in [6, 6.07) is 16.9. The summed E-state index contributed by atoms with van der Waals surface area (Å²) in [6.45, 7) is 0. The van der Waals surface area contributed by atoms with Gasteiger partial charge in [0.25, 0.3) is 5.71 Å². The molecule has 96 valence electrons. The largest absolute Gasteiger partial charge is 0.394 e. The molecule has 1 unspecified atom stereocenters. The molecular formula is C15H12ClNO2. The fourth-order valence-corrected chi connectivity index (χ4v) is 2.30. The third-order valence-corrected chi connectivity index (χ3v) is 3.42. The van der Waals surface area contributed by atoms with E-state index >= 15 is 0 Å². The summed E-state index contributed by atoms with van der Waals surface area (Å²) >= 11 is 5.85. The molecule has 0 fully saturated rings. The Morgan fingerprint density at radius 3 is 2.42 bits per heavy atom. The average molecular weight is 274 g/mol. The molecule has 0 radical (unpaired) electrons. The SMILES string of the molecule is [O-][N+]1=C(c2ccccc2)CC(c2ccc(Cl)cc2)O1. The molecule has 0 saturated heterocycles. The summed E-state index contributed by atoms with van der Waals surface area (Å²) in [6.07, 6.45) is 0.319. The smallest absolute Gasteiger partial charge is 0.253 e. The number of rotatable bonds is 2. The van der Waals surface area contributed by atoms with Gasteiger partial charge in [0.05, 0.1) is 6.42 Å². The van der Waals surface area contributed by atoms with Crippen molar-refractivity contribution < 1.29 is 9.74 Å². The van der Waals surface area contributed by atoms with Crippen LogP contribution in [0.15, 0.2) is 54.6 Å². The molecule has 0 aromatic heterocycles. The molecule has 1 atom stereocenters. The van der Waals surface area contributed by atoms with Crippen LogP contribution in [0.3, 0.4) is 0 Å². The Bertz CT molecular complexity index is 608. The lowest BCUT2D eigenvalue weighted by Gasteiger charge is -2.11. The number of halogens is 1. The molecule has 0 saturated carbocycles. The molecule has 0 N–H and O–H groups in total. The van der Waals surface area contributed by atoms with Crippen LogP contribution in [0.5, 0.6) is 0 Å². The van der Waals surface area contributed by atoms with Crippen molar-refractivity contribution in [3.05, 3.63) is 76.0 Å². The molecule has 2 aromatic carbocycles. The predicted molar refractivity (Wildman–Crippen MR) is 74.1 cm³/mol. The first-order valence-electron chi connectivity index (χ1n) is 6.05. The Labute approximate surface area is 116 Å². The van der Waals surface area contributed by atoms with Crippen molar-refractivity contribution in [1.82, 2.24) is 0 Å². The third kappa shape index (κ3) is 2.42. The van der Waals surface area contributed by atoms with Crippen molar-refractivity contribution in [2.75, 3.05) is 0 Å². The maximum atomic E-state index is 11.9. The number of benzene rings is 2. The van der Waals surface area contributed by atoms with E-state index in [1.807, 2.05) is 42.5 Å². The maximum absolute atomic E-state index is 11.9. The summed E-state index contributed by atoms with van der Waals surface area (Å²) in [7, 11) is 0. The molecule has 1 aliphatic heterocycles. The summed E-state index contributed by atoms with van der Waals surface area (Å²) in [5, 5.41) is 12.5. The van der Waals surface area contributed by atoms with E-state index in [9.17, 15) is 5.21 Å². The van der Waals surface area contributed by atoms with Gasteiger partial charge in [0, 0.05) is 15.5 Å². The number of hydrogen-bond donors (Lipinski definition) is 0. The highest BCUT2D eigenvalue weighted by atomic mass is 35.5. The second kappa shape index (κ2) is 4.94. The quantitative estimate of drug-likeness (QED) is 0.782. The van der Waals surface area contributed by atoms with Crippen LogP contribution in [-0.4, -0.2) is 10.6 Å². The molecule has 1 aliphatic rings. The predicted octanol–water partition coefficient (Wildman–Crippen LogP) is 3.72. The molecule has 0 aliphatic carbocycles. The Kier molecular flexibility index (Phi) is 3.13. The van der Waals surface area contributed by atoms with Gasteiger partial charge in [-0.15, -0.1) is 0 Å². The zero-order valence-corrected chi connectivity index (χ0v) is 10.9. The first kappa shape index (κ1) is 12.1. The van der Waals surface area contributed by atoms with Gasteiger partial charge in [-0.05, 0) is 29.8 Å². The van der Waals surface area contributed by atoms with Crippen molar-refractivity contribution in [3.8, 4) is 0 Å². The van der Waals surface area contributed by atoms with Gasteiger partial charge in [-0.3, -0.25) is 5.21 Å². The molecule has 4 heteroatoms. The summed E-state index contributed by atoms with van der Waals surface area (Å²) in [5.74, 6) is 0. The summed E-state index contributed by atoms with van der Waals surface area (Å²) in [5.41, 5.74) is 2.51.